The van der Waals surface area contributed by atoms with Gasteiger partial charge in [-0.3, -0.25) is 4.79 Å². The molecule has 1 saturated heterocycles. The number of anilines is 1. The molecule has 2 heterocycles. The average molecular weight is 470 g/mol. The average Bonchev–Trinajstić information content (AvgIpc) is 3.17. The van der Waals surface area contributed by atoms with Crippen LogP contribution in [0.3, 0.4) is 0 Å². The Labute approximate surface area is 193 Å². The molecule has 1 fully saturated rings. The maximum absolute atomic E-state index is 12.9. The van der Waals surface area contributed by atoms with E-state index in [2.05, 4.69) is 12.2 Å². The molecule has 0 bridgehead atoms. The molecular formula is C24H27N3O5S. The SMILES string of the molecule is COC(=O)c1cn(CC(=O)Nc2ccc(S(=O)(=O)N3CCCC(C)C3)cc2)c2ccccc12. The first-order valence-corrected chi connectivity index (χ1v) is 12.3. The molecule has 9 heteroatoms. The lowest BCUT2D eigenvalue weighted by molar-refractivity contribution is -0.116. The number of amides is 1. The Balaban J connectivity index is 1.47. The fourth-order valence-electron chi connectivity index (χ4n) is 4.23. The lowest BCUT2D eigenvalue weighted by Crippen LogP contribution is -2.39. The maximum atomic E-state index is 12.9. The van der Waals surface area contributed by atoms with E-state index in [4.69, 9.17) is 4.74 Å². The van der Waals surface area contributed by atoms with Crippen molar-refractivity contribution in [3.63, 3.8) is 0 Å². The number of ether oxygens (including phenoxy) is 1. The Hall–Kier alpha value is -3.17. The van der Waals surface area contributed by atoms with E-state index in [0.29, 0.717) is 35.6 Å². The largest absolute Gasteiger partial charge is 0.465 e. The van der Waals surface area contributed by atoms with E-state index >= 15 is 0 Å². The number of para-hydroxylation sites is 1. The molecule has 0 aliphatic carbocycles. The van der Waals surface area contributed by atoms with Crippen LogP contribution in [-0.4, -0.2) is 49.4 Å². The molecule has 1 amide bonds. The van der Waals surface area contributed by atoms with Crippen molar-refractivity contribution in [3.8, 4) is 0 Å². The van der Waals surface area contributed by atoms with Gasteiger partial charge in [0, 0.05) is 35.9 Å². The molecule has 3 aromatic rings. The zero-order valence-electron chi connectivity index (χ0n) is 18.7. The highest BCUT2D eigenvalue weighted by Crippen LogP contribution is 2.25. The Morgan fingerprint density at radius 3 is 2.55 bits per heavy atom. The monoisotopic (exact) mass is 469 g/mol. The van der Waals surface area contributed by atoms with Crippen LogP contribution in [0.5, 0.6) is 0 Å². The summed E-state index contributed by atoms with van der Waals surface area (Å²) in [6, 6.07) is 13.5. The first-order valence-electron chi connectivity index (χ1n) is 10.9. The summed E-state index contributed by atoms with van der Waals surface area (Å²) in [6.07, 6.45) is 3.50. The van der Waals surface area contributed by atoms with Gasteiger partial charge in [-0.25, -0.2) is 13.2 Å². The molecule has 1 unspecified atom stereocenters. The number of fused-ring (bicyclic) bond motifs is 1. The minimum Gasteiger partial charge on any atom is -0.465 e. The van der Waals surface area contributed by atoms with Gasteiger partial charge in [-0.15, -0.1) is 0 Å². The number of rotatable bonds is 6. The molecule has 0 saturated carbocycles. The number of carbonyl (C=O) groups excluding carboxylic acids is 2. The van der Waals surface area contributed by atoms with Gasteiger partial charge in [0.2, 0.25) is 15.9 Å². The third-order valence-electron chi connectivity index (χ3n) is 5.90. The van der Waals surface area contributed by atoms with Crippen LogP contribution in [0.2, 0.25) is 0 Å². The second-order valence-corrected chi connectivity index (χ2v) is 10.3. The molecule has 1 N–H and O–H groups in total. The standard InChI is InChI=1S/C24H27N3O5S/c1-17-6-5-13-27(14-17)33(30,31)19-11-9-18(10-12-19)25-23(28)16-26-15-21(24(29)32-2)20-7-3-4-8-22(20)26/h3-4,7-12,15,17H,5-6,13-14,16H2,1-2H3,(H,25,28). The predicted octanol–water partition coefficient (Wildman–Crippen LogP) is 3.49. The first-order chi connectivity index (χ1) is 15.8. The van der Waals surface area contributed by atoms with Crippen molar-refractivity contribution < 1.29 is 22.7 Å². The fourth-order valence-corrected chi connectivity index (χ4v) is 5.83. The molecule has 8 nitrogen and oxygen atoms in total. The molecule has 4 rings (SSSR count). The molecule has 33 heavy (non-hydrogen) atoms. The summed E-state index contributed by atoms with van der Waals surface area (Å²) in [5.41, 5.74) is 1.63. The zero-order chi connectivity index (χ0) is 23.6. The van der Waals surface area contributed by atoms with Gasteiger partial charge in [0.15, 0.2) is 0 Å². The summed E-state index contributed by atoms with van der Waals surface area (Å²) in [4.78, 5) is 25.0. The molecule has 1 aromatic heterocycles. The van der Waals surface area contributed by atoms with E-state index in [9.17, 15) is 18.0 Å². The smallest absolute Gasteiger partial charge is 0.340 e. The van der Waals surface area contributed by atoms with E-state index in [0.717, 1.165) is 18.4 Å². The summed E-state index contributed by atoms with van der Waals surface area (Å²) < 4.78 is 33.9. The van der Waals surface area contributed by atoms with Crippen LogP contribution < -0.4 is 5.32 Å². The highest BCUT2D eigenvalue weighted by molar-refractivity contribution is 7.89. The number of hydrogen-bond donors (Lipinski definition) is 1. The van der Waals surface area contributed by atoms with Crippen LogP contribution in [0.4, 0.5) is 5.69 Å². The van der Waals surface area contributed by atoms with E-state index in [1.165, 1.54) is 23.5 Å². The van der Waals surface area contributed by atoms with Crippen molar-refractivity contribution in [1.29, 1.82) is 0 Å². The number of aromatic nitrogens is 1. The molecule has 1 aliphatic rings. The summed E-state index contributed by atoms with van der Waals surface area (Å²) >= 11 is 0. The van der Waals surface area contributed by atoms with Crippen molar-refractivity contribution in [2.45, 2.75) is 31.2 Å². The molecule has 0 spiro atoms. The second-order valence-electron chi connectivity index (χ2n) is 8.36. The van der Waals surface area contributed by atoms with Gasteiger partial charge in [-0.2, -0.15) is 4.31 Å². The number of carbonyl (C=O) groups is 2. The Morgan fingerprint density at radius 2 is 1.85 bits per heavy atom. The van der Waals surface area contributed by atoms with Crippen LogP contribution in [0.25, 0.3) is 10.9 Å². The van der Waals surface area contributed by atoms with E-state index in [1.54, 1.807) is 29.0 Å². The minimum absolute atomic E-state index is 0.0107. The molecule has 0 radical (unpaired) electrons. The van der Waals surface area contributed by atoms with Crippen molar-refractivity contribution in [1.82, 2.24) is 8.87 Å². The number of benzene rings is 2. The quantitative estimate of drug-likeness (QED) is 0.558. The summed E-state index contributed by atoms with van der Waals surface area (Å²) in [5, 5.41) is 3.50. The lowest BCUT2D eigenvalue weighted by atomic mass is 10.0. The van der Waals surface area contributed by atoms with E-state index < -0.39 is 16.0 Å². The maximum Gasteiger partial charge on any atom is 0.340 e. The zero-order valence-corrected chi connectivity index (χ0v) is 19.5. The number of nitrogens with one attached hydrogen (secondary N) is 1. The number of piperidine rings is 1. The van der Waals surface area contributed by atoms with Crippen molar-refractivity contribution in [2.24, 2.45) is 5.92 Å². The van der Waals surface area contributed by atoms with Gasteiger partial charge in [-0.05, 0) is 49.1 Å². The van der Waals surface area contributed by atoms with Crippen LogP contribution >= 0.6 is 0 Å². The Kier molecular flexibility index (Phi) is 6.53. The Bertz CT molecular complexity index is 1280. The fraction of sp³-hybridized carbons (Fsp3) is 0.333. The van der Waals surface area contributed by atoms with E-state index in [-0.39, 0.29) is 17.3 Å². The molecule has 174 valence electrons. The third kappa shape index (κ3) is 4.79. The van der Waals surface area contributed by atoms with Gasteiger partial charge in [0.1, 0.15) is 6.54 Å². The van der Waals surface area contributed by atoms with Crippen LogP contribution in [-0.2, 0) is 26.1 Å². The highest BCUT2D eigenvalue weighted by atomic mass is 32.2. The molecule has 1 aliphatic heterocycles. The van der Waals surface area contributed by atoms with Crippen LogP contribution in [0, 0.1) is 5.92 Å². The minimum atomic E-state index is -3.55. The predicted molar refractivity (Wildman–Crippen MR) is 126 cm³/mol. The van der Waals surface area contributed by atoms with Gasteiger partial charge in [0.05, 0.1) is 17.6 Å². The van der Waals surface area contributed by atoms with Gasteiger partial charge in [-0.1, -0.05) is 25.1 Å². The molecule has 2 aromatic carbocycles. The summed E-state index contributed by atoms with van der Waals surface area (Å²) in [6.45, 7) is 3.11. The number of methoxy groups -OCH3 is 1. The van der Waals surface area contributed by atoms with Crippen molar-refractivity contribution >= 4 is 38.5 Å². The number of sulfonamides is 1. The highest BCUT2D eigenvalue weighted by Gasteiger charge is 2.28. The lowest BCUT2D eigenvalue weighted by Gasteiger charge is -2.30. The second kappa shape index (κ2) is 9.36. The van der Waals surface area contributed by atoms with Crippen LogP contribution in [0.15, 0.2) is 59.6 Å². The normalized spacial score (nSPS) is 17.1. The van der Waals surface area contributed by atoms with E-state index in [1.807, 2.05) is 18.2 Å². The first kappa shape index (κ1) is 23.0. The van der Waals surface area contributed by atoms with Crippen molar-refractivity contribution in [2.75, 3.05) is 25.5 Å². The molecular weight excluding hydrogens is 442 g/mol. The number of nitrogens with zero attached hydrogens (tertiary/aromatic N) is 2. The summed E-state index contributed by atoms with van der Waals surface area (Å²) in [7, 11) is -2.23. The summed E-state index contributed by atoms with van der Waals surface area (Å²) in [5.74, 6) is -0.422. The Morgan fingerprint density at radius 1 is 1.12 bits per heavy atom. The van der Waals surface area contributed by atoms with Crippen molar-refractivity contribution in [3.05, 3.63) is 60.3 Å². The third-order valence-corrected chi connectivity index (χ3v) is 7.78. The topological polar surface area (TPSA) is 97.7 Å². The van der Waals surface area contributed by atoms with Gasteiger partial charge in [0.25, 0.3) is 0 Å². The molecule has 1 atom stereocenters. The number of hydrogen-bond acceptors (Lipinski definition) is 5. The van der Waals surface area contributed by atoms with Gasteiger partial charge >= 0.3 is 5.97 Å². The van der Waals surface area contributed by atoms with Crippen LogP contribution in [0.1, 0.15) is 30.1 Å². The number of esters is 1. The van der Waals surface area contributed by atoms with Gasteiger partial charge < -0.3 is 14.6 Å².